The Kier molecular flexibility index (Phi) is 4.58. The Morgan fingerprint density at radius 3 is 2.67 bits per heavy atom. The van der Waals surface area contributed by atoms with Gasteiger partial charge in [0.1, 0.15) is 0 Å². The standard InChI is InChI=1S/C21H20N2O3.ClH/c24-20(23-14-5-6-18-19(11-14)26-13-25-18)16-12-21(7-9-22-10-8-21)17-4-2-1-3-15(16)17;/h1-6,11-12,22H,7-10,13H2,(H,23,24);1H. The molecule has 1 aliphatic carbocycles. The lowest BCUT2D eigenvalue weighted by molar-refractivity contribution is -0.111. The van der Waals surface area contributed by atoms with Crippen molar-refractivity contribution in [1.29, 1.82) is 0 Å². The van der Waals surface area contributed by atoms with Crippen LogP contribution in [0.15, 0.2) is 48.5 Å². The van der Waals surface area contributed by atoms with Crippen molar-refractivity contribution in [2.75, 3.05) is 25.2 Å². The molecule has 0 bridgehead atoms. The summed E-state index contributed by atoms with van der Waals surface area (Å²) in [6.07, 6.45) is 4.22. The predicted octanol–water partition coefficient (Wildman–Crippen LogP) is 3.49. The number of benzene rings is 2. The number of amides is 1. The van der Waals surface area contributed by atoms with Gasteiger partial charge in [0.2, 0.25) is 6.79 Å². The van der Waals surface area contributed by atoms with Gasteiger partial charge in [0, 0.05) is 22.7 Å². The summed E-state index contributed by atoms with van der Waals surface area (Å²) in [5.74, 6) is 1.30. The van der Waals surface area contributed by atoms with Crippen molar-refractivity contribution in [3.8, 4) is 11.5 Å². The second-order valence-corrected chi connectivity index (χ2v) is 7.03. The maximum absolute atomic E-state index is 13.0. The smallest absolute Gasteiger partial charge is 0.255 e. The highest BCUT2D eigenvalue weighted by molar-refractivity contribution is 6.27. The first-order valence-corrected chi connectivity index (χ1v) is 9.00. The number of hydrogen-bond acceptors (Lipinski definition) is 4. The number of fused-ring (bicyclic) bond motifs is 3. The molecule has 6 heteroatoms. The van der Waals surface area contributed by atoms with E-state index in [1.165, 1.54) is 5.56 Å². The summed E-state index contributed by atoms with van der Waals surface area (Å²) < 4.78 is 10.7. The third-order valence-electron chi connectivity index (χ3n) is 5.55. The van der Waals surface area contributed by atoms with Gasteiger partial charge in [0.05, 0.1) is 0 Å². The molecule has 5 nitrogen and oxygen atoms in total. The number of rotatable bonds is 2. The van der Waals surface area contributed by atoms with Crippen LogP contribution in [0.2, 0.25) is 0 Å². The maximum Gasteiger partial charge on any atom is 0.255 e. The van der Waals surface area contributed by atoms with Crippen molar-refractivity contribution in [3.05, 3.63) is 59.7 Å². The Labute approximate surface area is 164 Å². The summed E-state index contributed by atoms with van der Waals surface area (Å²) >= 11 is 0. The Balaban J connectivity index is 0.00000180. The molecular weight excluding hydrogens is 364 g/mol. The summed E-state index contributed by atoms with van der Waals surface area (Å²) in [6, 6.07) is 13.8. The number of ether oxygens (including phenoxy) is 2. The maximum atomic E-state index is 13.0. The minimum Gasteiger partial charge on any atom is -0.454 e. The van der Waals surface area contributed by atoms with Crippen LogP contribution in [0.1, 0.15) is 24.0 Å². The van der Waals surface area contributed by atoms with Gasteiger partial charge in [0.25, 0.3) is 5.91 Å². The number of nitrogens with one attached hydrogen (secondary N) is 2. The Morgan fingerprint density at radius 1 is 1.04 bits per heavy atom. The molecule has 3 aliphatic rings. The van der Waals surface area contributed by atoms with E-state index in [1.807, 2.05) is 24.3 Å². The summed E-state index contributed by atoms with van der Waals surface area (Å²) in [5, 5.41) is 6.44. The number of halogens is 1. The van der Waals surface area contributed by atoms with E-state index in [-0.39, 0.29) is 30.5 Å². The lowest BCUT2D eigenvalue weighted by atomic mass is 9.75. The van der Waals surface area contributed by atoms with Crippen molar-refractivity contribution in [1.82, 2.24) is 5.32 Å². The quantitative estimate of drug-likeness (QED) is 0.832. The van der Waals surface area contributed by atoms with E-state index in [4.69, 9.17) is 9.47 Å². The van der Waals surface area contributed by atoms with Gasteiger partial charge in [-0.25, -0.2) is 0 Å². The minimum absolute atomic E-state index is 0. The molecule has 1 fully saturated rings. The fourth-order valence-corrected chi connectivity index (χ4v) is 4.23. The van der Waals surface area contributed by atoms with E-state index < -0.39 is 0 Å². The van der Waals surface area contributed by atoms with Crippen molar-refractivity contribution in [3.63, 3.8) is 0 Å². The summed E-state index contributed by atoms with van der Waals surface area (Å²) in [5.41, 5.74) is 3.78. The summed E-state index contributed by atoms with van der Waals surface area (Å²) in [4.78, 5) is 13.0. The number of anilines is 1. The number of piperidine rings is 1. The molecule has 2 N–H and O–H groups in total. The van der Waals surface area contributed by atoms with Crippen LogP contribution in [-0.2, 0) is 10.2 Å². The van der Waals surface area contributed by atoms with Crippen LogP contribution in [0.4, 0.5) is 5.69 Å². The van der Waals surface area contributed by atoms with E-state index in [2.05, 4.69) is 34.9 Å². The van der Waals surface area contributed by atoms with Crippen LogP contribution in [0.5, 0.6) is 11.5 Å². The highest BCUT2D eigenvalue weighted by atomic mass is 35.5. The molecular formula is C21H21ClN2O3. The fraction of sp³-hybridized carbons (Fsp3) is 0.286. The van der Waals surface area contributed by atoms with E-state index >= 15 is 0 Å². The molecule has 1 amide bonds. The Morgan fingerprint density at radius 2 is 1.81 bits per heavy atom. The number of carbonyl (C=O) groups excluding carboxylic acids is 1. The Bertz CT molecular complexity index is 919. The van der Waals surface area contributed by atoms with Crippen LogP contribution in [-0.4, -0.2) is 25.8 Å². The lowest BCUT2D eigenvalue weighted by Gasteiger charge is -2.33. The second kappa shape index (κ2) is 6.91. The first-order chi connectivity index (χ1) is 12.8. The van der Waals surface area contributed by atoms with Crippen LogP contribution in [0.3, 0.4) is 0 Å². The van der Waals surface area contributed by atoms with Crippen molar-refractivity contribution >= 4 is 29.6 Å². The van der Waals surface area contributed by atoms with Crippen LogP contribution < -0.4 is 20.1 Å². The van der Waals surface area contributed by atoms with Gasteiger partial charge in [-0.2, -0.15) is 0 Å². The molecule has 140 valence electrons. The van der Waals surface area contributed by atoms with Crippen molar-refractivity contribution in [2.24, 2.45) is 0 Å². The highest BCUT2D eigenvalue weighted by Crippen LogP contribution is 2.46. The third-order valence-corrected chi connectivity index (χ3v) is 5.55. The normalized spacial score (nSPS) is 18.4. The van der Waals surface area contributed by atoms with E-state index in [0.29, 0.717) is 17.2 Å². The van der Waals surface area contributed by atoms with Gasteiger partial charge in [-0.1, -0.05) is 30.3 Å². The van der Waals surface area contributed by atoms with Crippen LogP contribution in [0.25, 0.3) is 5.57 Å². The zero-order valence-electron chi connectivity index (χ0n) is 14.8. The highest BCUT2D eigenvalue weighted by Gasteiger charge is 2.40. The zero-order valence-corrected chi connectivity index (χ0v) is 15.6. The first-order valence-electron chi connectivity index (χ1n) is 9.00. The third kappa shape index (κ3) is 2.97. The molecule has 27 heavy (non-hydrogen) atoms. The monoisotopic (exact) mass is 384 g/mol. The number of carbonyl (C=O) groups is 1. The van der Waals surface area contributed by atoms with Crippen LogP contribution >= 0.6 is 12.4 Å². The van der Waals surface area contributed by atoms with E-state index in [1.54, 1.807) is 0 Å². The van der Waals surface area contributed by atoms with E-state index in [0.717, 1.165) is 37.1 Å². The SMILES string of the molecule is Cl.O=C(Nc1ccc2c(c1)OCO2)C1=CC2(CCNCC2)c2ccccc21. The molecule has 2 aromatic carbocycles. The number of hydrogen-bond donors (Lipinski definition) is 2. The molecule has 1 saturated heterocycles. The summed E-state index contributed by atoms with van der Waals surface area (Å²) in [6.45, 7) is 2.17. The molecule has 2 aromatic rings. The molecule has 0 radical (unpaired) electrons. The van der Waals surface area contributed by atoms with Gasteiger partial charge in [-0.15, -0.1) is 12.4 Å². The minimum atomic E-state index is -0.0771. The number of allylic oxidation sites excluding steroid dienone is 1. The first kappa shape index (κ1) is 17.9. The summed E-state index contributed by atoms with van der Waals surface area (Å²) in [7, 11) is 0. The lowest BCUT2D eigenvalue weighted by Crippen LogP contribution is -2.37. The predicted molar refractivity (Wildman–Crippen MR) is 107 cm³/mol. The van der Waals surface area contributed by atoms with Gasteiger partial charge in [-0.3, -0.25) is 4.79 Å². The van der Waals surface area contributed by atoms with Gasteiger partial charge < -0.3 is 20.1 Å². The molecule has 2 aliphatic heterocycles. The van der Waals surface area contributed by atoms with Gasteiger partial charge >= 0.3 is 0 Å². The van der Waals surface area contributed by atoms with Crippen molar-refractivity contribution < 1.29 is 14.3 Å². The van der Waals surface area contributed by atoms with Gasteiger partial charge in [-0.05, 0) is 49.2 Å². The van der Waals surface area contributed by atoms with Gasteiger partial charge in [0.15, 0.2) is 11.5 Å². The molecule has 1 spiro atoms. The average Bonchev–Trinajstić information content (AvgIpc) is 3.26. The second-order valence-electron chi connectivity index (χ2n) is 7.03. The molecule has 0 saturated carbocycles. The molecule has 0 aromatic heterocycles. The molecule has 5 rings (SSSR count). The van der Waals surface area contributed by atoms with Crippen LogP contribution in [0, 0.1) is 0 Å². The topological polar surface area (TPSA) is 59.6 Å². The van der Waals surface area contributed by atoms with E-state index in [9.17, 15) is 4.79 Å². The fourth-order valence-electron chi connectivity index (χ4n) is 4.23. The molecule has 0 unspecified atom stereocenters. The molecule has 0 atom stereocenters. The average molecular weight is 385 g/mol. The molecule has 2 heterocycles. The largest absolute Gasteiger partial charge is 0.454 e. The Hall–Kier alpha value is -2.50. The zero-order chi connectivity index (χ0) is 17.6. The van der Waals surface area contributed by atoms with Crippen molar-refractivity contribution in [2.45, 2.75) is 18.3 Å².